The summed E-state index contributed by atoms with van der Waals surface area (Å²) in [7, 11) is 0. The van der Waals surface area contributed by atoms with Crippen LogP contribution in [0.2, 0.25) is 0 Å². The lowest BCUT2D eigenvalue weighted by Gasteiger charge is -2.12. The van der Waals surface area contributed by atoms with Gasteiger partial charge >= 0.3 is 5.69 Å². The minimum atomic E-state index is -0.507. The van der Waals surface area contributed by atoms with Crippen LogP contribution in [0.4, 0.5) is 5.69 Å². The summed E-state index contributed by atoms with van der Waals surface area (Å²) >= 11 is 10.1. The molecule has 0 bridgehead atoms. The van der Waals surface area contributed by atoms with Crippen LogP contribution in [0.25, 0.3) is 10.9 Å². The van der Waals surface area contributed by atoms with Crippen LogP contribution in [0.5, 0.6) is 5.75 Å². The van der Waals surface area contributed by atoms with Crippen LogP contribution < -0.4 is 10.3 Å². The number of unbranched alkanes of at least 4 members (excludes halogenated alkanes) is 1. The van der Waals surface area contributed by atoms with Crippen molar-refractivity contribution in [1.29, 1.82) is 0 Å². The van der Waals surface area contributed by atoms with E-state index in [0.717, 1.165) is 27.4 Å². The minimum Gasteiger partial charge on any atom is -0.481 e. The highest BCUT2D eigenvalue weighted by atomic mass is 79.9. The van der Waals surface area contributed by atoms with Crippen LogP contribution in [0.3, 0.4) is 0 Å². The third-order valence-corrected chi connectivity index (χ3v) is 6.98. The first-order valence-electron chi connectivity index (χ1n) is 11.4. The normalized spacial score (nSPS) is 11.4. The van der Waals surface area contributed by atoms with E-state index in [4.69, 9.17) is 4.74 Å². The highest BCUT2D eigenvalue weighted by Gasteiger charge is 2.21. The Kier molecular flexibility index (Phi) is 8.88. The molecule has 11 heteroatoms. The molecule has 4 rings (SSSR count). The Hall–Kier alpha value is -2.89. The van der Waals surface area contributed by atoms with E-state index >= 15 is 0 Å². The van der Waals surface area contributed by atoms with Crippen molar-refractivity contribution in [2.45, 2.75) is 32.8 Å². The molecule has 190 valence electrons. The Balaban J connectivity index is 1.80. The lowest BCUT2D eigenvalue weighted by atomic mass is 10.2. The van der Waals surface area contributed by atoms with Crippen LogP contribution >= 0.6 is 47.8 Å². The van der Waals surface area contributed by atoms with E-state index in [0.29, 0.717) is 33.2 Å². The number of benzene rings is 3. The molecule has 0 saturated carbocycles. The van der Waals surface area contributed by atoms with Gasteiger partial charge in [-0.15, -0.1) is 0 Å². The number of halogens is 3. The second-order valence-corrected chi connectivity index (χ2v) is 10.9. The van der Waals surface area contributed by atoms with E-state index in [-0.39, 0.29) is 23.6 Å². The van der Waals surface area contributed by atoms with E-state index in [9.17, 15) is 14.9 Å². The van der Waals surface area contributed by atoms with Crippen molar-refractivity contribution < 1.29 is 9.66 Å². The summed E-state index contributed by atoms with van der Waals surface area (Å²) in [5.74, 6) is 0.569. The van der Waals surface area contributed by atoms with Gasteiger partial charge in [0.25, 0.3) is 5.56 Å². The van der Waals surface area contributed by atoms with E-state index < -0.39 is 4.92 Å². The standard InChI is InChI=1S/C26H21Br3N4O4/c1-2-3-4-24-31-22-10-9-19(28)12-21(22)26(34)32(24)30-14-17-11-20(29)13-23(33(35)36)25(17)37-15-16-5-7-18(27)8-6-16/h5-14H,2-4,15H2,1H3. The Bertz CT molecular complexity index is 1550. The molecule has 0 amide bonds. The van der Waals surface area contributed by atoms with E-state index in [1.807, 2.05) is 30.3 Å². The molecule has 1 aromatic heterocycles. The molecule has 37 heavy (non-hydrogen) atoms. The summed E-state index contributed by atoms with van der Waals surface area (Å²) in [6, 6.07) is 15.8. The Morgan fingerprint density at radius 3 is 2.49 bits per heavy atom. The molecular weight excluding hydrogens is 672 g/mol. The quantitative estimate of drug-likeness (QED) is 0.103. The molecule has 0 fully saturated rings. The van der Waals surface area contributed by atoms with Crippen molar-refractivity contribution in [3.63, 3.8) is 0 Å². The molecule has 0 saturated heterocycles. The Labute approximate surface area is 237 Å². The number of hydrogen-bond donors (Lipinski definition) is 0. The minimum absolute atomic E-state index is 0.0551. The first-order valence-corrected chi connectivity index (χ1v) is 13.8. The monoisotopic (exact) mass is 690 g/mol. The fourth-order valence-electron chi connectivity index (χ4n) is 3.66. The predicted molar refractivity (Wildman–Crippen MR) is 155 cm³/mol. The zero-order valence-electron chi connectivity index (χ0n) is 19.7. The largest absolute Gasteiger partial charge is 0.481 e. The molecule has 0 aliphatic carbocycles. The predicted octanol–water partition coefficient (Wildman–Crippen LogP) is 7.40. The number of nitro benzene ring substituents is 1. The third-order valence-electron chi connectivity index (χ3n) is 5.50. The molecule has 0 unspecified atom stereocenters. The highest BCUT2D eigenvalue weighted by molar-refractivity contribution is 9.11. The molecule has 0 aliphatic rings. The fraction of sp³-hybridized carbons (Fsp3) is 0.192. The van der Waals surface area contributed by atoms with Crippen molar-refractivity contribution in [1.82, 2.24) is 9.66 Å². The second-order valence-electron chi connectivity index (χ2n) is 8.17. The van der Waals surface area contributed by atoms with Gasteiger partial charge in [-0.3, -0.25) is 14.9 Å². The van der Waals surface area contributed by atoms with Crippen molar-refractivity contribution in [2.75, 3.05) is 0 Å². The van der Waals surface area contributed by atoms with Crippen molar-refractivity contribution in [3.05, 3.63) is 105 Å². The lowest BCUT2D eigenvalue weighted by Crippen LogP contribution is -2.22. The van der Waals surface area contributed by atoms with Crippen LogP contribution in [-0.4, -0.2) is 20.8 Å². The highest BCUT2D eigenvalue weighted by Crippen LogP contribution is 2.34. The maximum absolute atomic E-state index is 13.4. The van der Waals surface area contributed by atoms with E-state index in [1.165, 1.54) is 17.0 Å². The van der Waals surface area contributed by atoms with Crippen LogP contribution in [-0.2, 0) is 13.0 Å². The molecule has 4 aromatic rings. The molecule has 0 radical (unpaired) electrons. The molecule has 1 heterocycles. The molecule has 0 spiro atoms. The maximum atomic E-state index is 13.4. The van der Waals surface area contributed by atoms with E-state index in [1.54, 1.807) is 18.2 Å². The molecule has 0 N–H and O–H groups in total. The van der Waals surface area contributed by atoms with Gasteiger partial charge in [0.2, 0.25) is 5.75 Å². The van der Waals surface area contributed by atoms with Gasteiger partial charge < -0.3 is 4.74 Å². The number of rotatable bonds is 9. The van der Waals surface area contributed by atoms with Crippen LogP contribution in [0, 0.1) is 10.1 Å². The molecule has 3 aromatic carbocycles. The maximum Gasteiger partial charge on any atom is 0.312 e. The number of hydrogen-bond acceptors (Lipinski definition) is 6. The first-order chi connectivity index (χ1) is 17.8. The Morgan fingerprint density at radius 2 is 1.78 bits per heavy atom. The van der Waals surface area contributed by atoms with Crippen molar-refractivity contribution >= 4 is 70.6 Å². The molecular formula is C26H21Br3N4O4. The van der Waals surface area contributed by atoms with Gasteiger partial charge in [-0.2, -0.15) is 9.78 Å². The van der Waals surface area contributed by atoms with Gasteiger partial charge in [-0.1, -0.05) is 73.3 Å². The second kappa shape index (κ2) is 12.1. The SMILES string of the molecule is CCCCc1nc2ccc(Br)cc2c(=O)n1N=Cc1cc(Br)cc([N+](=O)[O-])c1OCc1ccc(Br)cc1. The number of aryl methyl sites for hydroxylation is 1. The van der Waals surface area contributed by atoms with Crippen molar-refractivity contribution in [3.8, 4) is 5.75 Å². The first kappa shape index (κ1) is 27.2. The van der Waals surface area contributed by atoms with Gasteiger partial charge in [0, 0.05) is 31.5 Å². The summed E-state index contributed by atoms with van der Waals surface area (Å²) < 4.78 is 9.34. The summed E-state index contributed by atoms with van der Waals surface area (Å²) in [6.45, 7) is 2.17. The van der Waals surface area contributed by atoms with Gasteiger partial charge in [-0.25, -0.2) is 4.98 Å². The average molecular weight is 693 g/mol. The number of fused-ring (bicyclic) bond motifs is 1. The van der Waals surface area contributed by atoms with Crippen LogP contribution in [0.1, 0.15) is 36.7 Å². The van der Waals surface area contributed by atoms with Gasteiger partial charge in [0.05, 0.1) is 22.0 Å². The van der Waals surface area contributed by atoms with Gasteiger partial charge in [-0.05, 0) is 48.4 Å². The van der Waals surface area contributed by atoms with Gasteiger partial charge in [0.1, 0.15) is 12.4 Å². The number of nitrogens with zero attached hydrogens (tertiary/aromatic N) is 4. The van der Waals surface area contributed by atoms with Crippen molar-refractivity contribution in [2.24, 2.45) is 5.10 Å². The summed E-state index contributed by atoms with van der Waals surface area (Å²) in [5, 5.41) is 16.7. The summed E-state index contributed by atoms with van der Waals surface area (Å²) in [6.07, 6.45) is 3.70. The van der Waals surface area contributed by atoms with Crippen LogP contribution in [0.15, 0.2) is 77.9 Å². The molecule has 0 atom stereocenters. The van der Waals surface area contributed by atoms with E-state index in [2.05, 4.69) is 64.8 Å². The number of aromatic nitrogens is 2. The Morgan fingerprint density at radius 1 is 1.05 bits per heavy atom. The molecule has 8 nitrogen and oxygen atoms in total. The summed E-state index contributed by atoms with van der Waals surface area (Å²) in [4.78, 5) is 29.4. The number of nitro groups is 1. The third kappa shape index (κ3) is 6.52. The summed E-state index contributed by atoms with van der Waals surface area (Å²) in [5.41, 5.74) is 1.23. The fourth-order valence-corrected chi connectivity index (χ4v) is 4.74. The topological polar surface area (TPSA) is 99.6 Å². The zero-order valence-corrected chi connectivity index (χ0v) is 24.4. The zero-order chi connectivity index (χ0) is 26.5. The average Bonchev–Trinajstić information content (AvgIpc) is 2.87. The lowest BCUT2D eigenvalue weighted by molar-refractivity contribution is -0.386. The molecule has 0 aliphatic heterocycles. The number of ether oxygens (including phenoxy) is 1. The smallest absolute Gasteiger partial charge is 0.312 e. The van der Waals surface area contributed by atoms with Gasteiger partial charge in [0.15, 0.2) is 0 Å².